The molecule has 0 aliphatic heterocycles. The Morgan fingerprint density at radius 2 is 1.31 bits per heavy atom. The first-order valence-electron chi connectivity index (χ1n) is 11.8. The van der Waals surface area contributed by atoms with Crippen LogP contribution in [-0.4, -0.2) is 15.2 Å². The zero-order chi connectivity index (χ0) is 21.4. The molecule has 0 saturated carbocycles. The maximum Gasteiger partial charge on any atom is 0.398 e. The predicted molar refractivity (Wildman–Crippen MR) is 128 cm³/mol. The fraction of sp³-hybridized carbons (Fsp3) is 0.750. The Labute approximate surface area is 188 Å². The number of hydrogen-bond donors (Lipinski definition) is 0. The van der Waals surface area contributed by atoms with E-state index >= 15 is 0 Å². The van der Waals surface area contributed by atoms with Gasteiger partial charge < -0.3 is 8.85 Å². The molecule has 0 bridgehead atoms. The zero-order valence-electron chi connectivity index (χ0n) is 18.9. The lowest BCUT2D eigenvalue weighted by Gasteiger charge is -2.30. The third-order valence-corrected chi connectivity index (χ3v) is 9.73. The van der Waals surface area contributed by atoms with Crippen LogP contribution in [0.3, 0.4) is 0 Å². The normalized spacial score (nSPS) is 11.8. The van der Waals surface area contributed by atoms with Crippen molar-refractivity contribution in [2.75, 3.05) is 6.61 Å². The number of benzene rings is 1. The Kier molecular flexibility index (Phi) is 15.0. The first-order valence-corrected chi connectivity index (χ1v) is 14.9. The highest BCUT2D eigenvalue weighted by molar-refractivity contribution is 9.10. The lowest BCUT2D eigenvalue weighted by atomic mass is 10.1. The molecule has 0 saturated heterocycles. The van der Waals surface area contributed by atoms with Crippen molar-refractivity contribution in [3.63, 3.8) is 0 Å². The van der Waals surface area contributed by atoms with Gasteiger partial charge in [-0.15, -0.1) is 0 Å². The minimum Gasteiger partial charge on any atom is -0.519 e. The summed E-state index contributed by atoms with van der Waals surface area (Å²) in [5.74, 6) is 0.429. The van der Waals surface area contributed by atoms with Crippen LogP contribution >= 0.6 is 15.9 Å². The lowest BCUT2D eigenvalue weighted by Crippen LogP contribution is -2.44. The molecular formula is C24H42BrFO2Si. The van der Waals surface area contributed by atoms with Gasteiger partial charge in [-0.3, -0.25) is 0 Å². The molecule has 0 radical (unpaired) electrons. The number of hydrogen-bond acceptors (Lipinski definition) is 2. The van der Waals surface area contributed by atoms with E-state index in [4.69, 9.17) is 8.85 Å². The van der Waals surface area contributed by atoms with E-state index in [1.807, 2.05) is 0 Å². The lowest BCUT2D eigenvalue weighted by molar-refractivity contribution is 0.230. The molecule has 0 spiro atoms. The van der Waals surface area contributed by atoms with E-state index in [1.165, 1.54) is 82.8 Å². The molecule has 2 nitrogen and oxygen atoms in total. The molecule has 0 atom stereocenters. The summed E-state index contributed by atoms with van der Waals surface area (Å²) in [7, 11) is -2.29. The summed E-state index contributed by atoms with van der Waals surface area (Å²) in [5.41, 5.74) is 0. The van der Waals surface area contributed by atoms with Gasteiger partial charge in [0, 0.05) is 6.61 Å². The van der Waals surface area contributed by atoms with Crippen molar-refractivity contribution in [3.05, 3.63) is 28.5 Å². The molecule has 1 aromatic carbocycles. The standard InChI is InChI=1S/C24H42BrFO2Si/c1-4-7-8-9-10-11-12-13-14-15-16-17-20-27-29(5-2,6-3)28-24-19-18-22(26)21-23(24)25/h18-19,21H,4-17,20H2,1-3H3. The van der Waals surface area contributed by atoms with E-state index in [-0.39, 0.29) is 5.82 Å². The number of rotatable bonds is 18. The highest BCUT2D eigenvalue weighted by Gasteiger charge is 2.36. The highest BCUT2D eigenvalue weighted by atomic mass is 79.9. The number of halogens is 2. The largest absolute Gasteiger partial charge is 0.519 e. The molecule has 0 amide bonds. The van der Waals surface area contributed by atoms with E-state index < -0.39 is 8.56 Å². The van der Waals surface area contributed by atoms with Crippen LogP contribution in [0.2, 0.25) is 12.1 Å². The van der Waals surface area contributed by atoms with Gasteiger partial charge in [-0.25, -0.2) is 4.39 Å². The van der Waals surface area contributed by atoms with Crippen molar-refractivity contribution >= 4 is 24.5 Å². The second-order valence-electron chi connectivity index (χ2n) is 8.03. The predicted octanol–water partition coefficient (Wildman–Crippen LogP) is 9.17. The Bertz CT molecular complexity index is 538. The molecule has 1 aromatic rings. The molecule has 0 aromatic heterocycles. The van der Waals surface area contributed by atoms with Crippen molar-refractivity contribution in [1.29, 1.82) is 0 Å². The van der Waals surface area contributed by atoms with Gasteiger partial charge in [-0.05, 0) is 52.6 Å². The van der Waals surface area contributed by atoms with Gasteiger partial charge >= 0.3 is 8.56 Å². The second kappa shape index (κ2) is 16.3. The van der Waals surface area contributed by atoms with Crippen LogP contribution in [0.4, 0.5) is 4.39 Å². The molecule has 5 heteroatoms. The van der Waals surface area contributed by atoms with Crippen LogP contribution in [0.25, 0.3) is 0 Å². The van der Waals surface area contributed by atoms with Gasteiger partial charge in [0.15, 0.2) is 0 Å². The molecular weight excluding hydrogens is 447 g/mol. The van der Waals surface area contributed by atoms with E-state index in [0.29, 0.717) is 10.2 Å². The topological polar surface area (TPSA) is 18.5 Å². The van der Waals surface area contributed by atoms with Crippen LogP contribution in [0.15, 0.2) is 22.7 Å². The summed E-state index contributed by atoms with van der Waals surface area (Å²) in [6.45, 7) is 7.31. The van der Waals surface area contributed by atoms with Crippen molar-refractivity contribution in [3.8, 4) is 5.75 Å². The van der Waals surface area contributed by atoms with Crippen LogP contribution < -0.4 is 4.43 Å². The Morgan fingerprint density at radius 3 is 1.79 bits per heavy atom. The SMILES string of the molecule is CCCCCCCCCCCCCCO[Si](CC)(CC)Oc1ccc(F)cc1Br. The van der Waals surface area contributed by atoms with Crippen LogP contribution in [0.1, 0.15) is 97.8 Å². The summed E-state index contributed by atoms with van der Waals surface area (Å²) in [6.07, 6.45) is 16.1. The molecule has 1 rings (SSSR count). The molecule has 0 heterocycles. The third-order valence-electron chi connectivity index (χ3n) is 5.63. The highest BCUT2D eigenvalue weighted by Crippen LogP contribution is 2.31. The monoisotopic (exact) mass is 488 g/mol. The van der Waals surface area contributed by atoms with Crippen molar-refractivity contribution < 1.29 is 13.2 Å². The fourth-order valence-electron chi connectivity index (χ4n) is 3.59. The number of unbranched alkanes of at least 4 members (excludes halogenated alkanes) is 11. The first-order chi connectivity index (χ1) is 14.1. The Hall–Kier alpha value is -0.393. The van der Waals surface area contributed by atoms with Gasteiger partial charge in [-0.1, -0.05) is 91.4 Å². The maximum absolute atomic E-state index is 13.3. The van der Waals surface area contributed by atoms with Crippen molar-refractivity contribution in [2.45, 2.75) is 110 Å². The molecule has 0 fully saturated rings. The smallest absolute Gasteiger partial charge is 0.398 e. The molecule has 0 unspecified atom stereocenters. The summed E-state index contributed by atoms with van der Waals surface area (Å²) < 4.78 is 26.6. The first kappa shape index (κ1) is 26.6. The minimum absolute atomic E-state index is 0.262. The summed E-state index contributed by atoms with van der Waals surface area (Å²) in [4.78, 5) is 0. The molecule has 29 heavy (non-hydrogen) atoms. The van der Waals surface area contributed by atoms with Crippen LogP contribution in [-0.2, 0) is 4.43 Å². The Balaban J connectivity index is 2.17. The van der Waals surface area contributed by atoms with Gasteiger partial charge in [0.25, 0.3) is 0 Å². The molecule has 168 valence electrons. The Morgan fingerprint density at radius 1 is 0.793 bits per heavy atom. The minimum atomic E-state index is -2.29. The van der Waals surface area contributed by atoms with Gasteiger partial charge in [-0.2, -0.15) is 0 Å². The van der Waals surface area contributed by atoms with Gasteiger partial charge in [0.2, 0.25) is 0 Å². The molecule has 0 aliphatic carbocycles. The van der Waals surface area contributed by atoms with E-state index in [2.05, 4.69) is 36.7 Å². The summed E-state index contributed by atoms with van der Waals surface area (Å²) >= 11 is 3.40. The van der Waals surface area contributed by atoms with Crippen LogP contribution in [0.5, 0.6) is 5.75 Å². The quantitative estimate of drug-likeness (QED) is 0.151. The van der Waals surface area contributed by atoms with Crippen LogP contribution in [0, 0.1) is 5.82 Å². The average molecular weight is 490 g/mol. The zero-order valence-corrected chi connectivity index (χ0v) is 21.5. The van der Waals surface area contributed by atoms with Crippen molar-refractivity contribution in [1.82, 2.24) is 0 Å². The summed E-state index contributed by atoms with van der Waals surface area (Å²) in [6, 6.07) is 6.37. The van der Waals surface area contributed by atoms with Gasteiger partial charge in [0.05, 0.1) is 4.47 Å². The second-order valence-corrected chi connectivity index (χ2v) is 12.6. The third kappa shape index (κ3) is 11.5. The van der Waals surface area contributed by atoms with Crippen molar-refractivity contribution in [2.24, 2.45) is 0 Å². The van der Waals surface area contributed by atoms with Gasteiger partial charge in [0.1, 0.15) is 11.6 Å². The molecule has 0 aliphatic rings. The maximum atomic E-state index is 13.3. The average Bonchev–Trinajstić information content (AvgIpc) is 2.72. The van der Waals surface area contributed by atoms with E-state index in [0.717, 1.165) is 25.1 Å². The molecule has 0 N–H and O–H groups in total. The fourth-order valence-corrected chi connectivity index (χ4v) is 6.52. The van der Waals surface area contributed by atoms with E-state index in [9.17, 15) is 4.39 Å². The van der Waals surface area contributed by atoms with E-state index in [1.54, 1.807) is 6.07 Å². The summed E-state index contributed by atoms with van der Waals surface area (Å²) in [5, 5.41) is 0.